The summed E-state index contributed by atoms with van der Waals surface area (Å²) in [5.74, 6) is 0.711. The predicted octanol–water partition coefficient (Wildman–Crippen LogP) is 14.5. The fraction of sp³-hybridized carbons (Fsp3) is 0.0339. The van der Waals surface area contributed by atoms with Gasteiger partial charge < -0.3 is 0 Å². The van der Waals surface area contributed by atoms with Gasteiger partial charge in [-0.25, -0.2) is 9.97 Å². The Morgan fingerprint density at radius 1 is 0.306 bits per heavy atom. The summed E-state index contributed by atoms with van der Waals surface area (Å²) in [5, 5.41) is 0. The summed E-state index contributed by atoms with van der Waals surface area (Å²) in [4.78, 5) is 15.3. The van der Waals surface area contributed by atoms with E-state index in [1.807, 2.05) is 36.5 Å². The fourth-order valence-electron chi connectivity index (χ4n) is 10.1. The molecule has 12 rings (SSSR count). The van der Waals surface area contributed by atoms with Gasteiger partial charge in [0.25, 0.3) is 0 Å². The minimum absolute atomic E-state index is 0.517. The van der Waals surface area contributed by atoms with Crippen LogP contribution in [0.5, 0.6) is 0 Å². The quantitative estimate of drug-likeness (QED) is 0.168. The Kier molecular flexibility index (Phi) is 8.29. The number of aryl methyl sites for hydroxylation is 1. The molecule has 0 amide bonds. The average molecular weight is 790 g/mol. The van der Waals surface area contributed by atoms with Gasteiger partial charge in [-0.05, 0) is 98.0 Å². The molecule has 1 spiro atoms. The third kappa shape index (κ3) is 5.56. The third-order valence-corrected chi connectivity index (χ3v) is 12.9. The summed E-state index contributed by atoms with van der Waals surface area (Å²) in [5.41, 5.74) is 22.6. The van der Waals surface area contributed by atoms with E-state index in [-0.39, 0.29) is 0 Å². The zero-order valence-electron chi connectivity index (χ0n) is 34.1. The Morgan fingerprint density at radius 2 is 0.806 bits per heavy atom. The lowest BCUT2D eigenvalue weighted by Crippen LogP contribution is -2.25. The molecule has 0 saturated heterocycles. The molecular weight excluding hydrogens is 751 g/mol. The maximum Gasteiger partial charge on any atom is 0.160 e. The monoisotopic (exact) mass is 789 g/mol. The maximum absolute atomic E-state index is 5.27. The number of rotatable bonds is 6. The van der Waals surface area contributed by atoms with Crippen molar-refractivity contribution in [2.75, 3.05) is 0 Å². The first kappa shape index (κ1) is 35.9. The van der Waals surface area contributed by atoms with Gasteiger partial charge in [0.1, 0.15) is 0 Å². The Hall–Kier alpha value is -8.01. The fourth-order valence-corrected chi connectivity index (χ4v) is 10.1. The molecule has 2 heterocycles. The van der Waals surface area contributed by atoms with Crippen molar-refractivity contribution in [3.63, 3.8) is 0 Å². The molecule has 0 saturated carbocycles. The Labute approximate surface area is 361 Å². The van der Waals surface area contributed by atoms with Gasteiger partial charge in [-0.15, -0.1) is 0 Å². The van der Waals surface area contributed by atoms with Crippen LogP contribution < -0.4 is 0 Å². The molecule has 62 heavy (non-hydrogen) atoms. The summed E-state index contributed by atoms with van der Waals surface area (Å²) in [6.07, 6.45) is 2.04. The minimum atomic E-state index is -0.517. The summed E-state index contributed by atoms with van der Waals surface area (Å²) in [6.45, 7) is 2.19. The van der Waals surface area contributed by atoms with E-state index in [0.717, 1.165) is 44.9 Å². The highest BCUT2D eigenvalue weighted by atomic mass is 14.9. The molecule has 10 aromatic rings. The second kappa shape index (κ2) is 14.3. The molecule has 1 unspecified atom stereocenters. The molecule has 0 aliphatic heterocycles. The van der Waals surface area contributed by atoms with E-state index in [2.05, 4.69) is 189 Å². The second-order valence-electron chi connectivity index (χ2n) is 16.4. The highest BCUT2D eigenvalue weighted by molar-refractivity contribution is 5.98. The molecular formula is C59H39N3. The van der Waals surface area contributed by atoms with Crippen molar-refractivity contribution in [3.05, 3.63) is 246 Å². The van der Waals surface area contributed by atoms with E-state index in [4.69, 9.17) is 15.0 Å². The first-order valence-electron chi connectivity index (χ1n) is 21.3. The maximum atomic E-state index is 5.27. The van der Waals surface area contributed by atoms with Crippen molar-refractivity contribution in [3.8, 4) is 89.7 Å². The first-order valence-corrected chi connectivity index (χ1v) is 21.3. The SMILES string of the molecule is Cc1cc(-c2ccccc2)ncc1-c1ccccc1-c1ccc2c(c1)-c1ccccc1C21c2ccccc2-c2ccc(-c3cc(-c4ccccc4)nc(-c4ccccc4)n3)cc21. The van der Waals surface area contributed by atoms with Crippen LogP contribution in [0.1, 0.15) is 27.8 Å². The number of nitrogens with zero attached hydrogens (tertiary/aromatic N) is 3. The number of pyridine rings is 1. The van der Waals surface area contributed by atoms with E-state index in [1.54, 1.807) is 0 Å². The van der Waals surface area contributed by atoms with Gasteiger partial charge in [-0.1, -0.05) is 188 Å². The standard InChI is InChI=1S/C59H39N3/c1-38-33-55(39-17-5-2-6-18-39)60-37-50(38)45-24-12-11-23-44(45)42-30-32-53-49(34-42)47-26-14-16-28-52(47)59(53)51-27-15-13-25-46(51)48-31-29-43(35-54(48)59)57-36-56(40-19-7-3-8-20-40)61-58(62-57)41-21-9-4-10-22-41/h2-37H,1H3. The number of aromatic nitrogens is 3. The lowest BCUT2D eigenvalue weighted by molar-refractivity contribution is 0.794. The van der Waals surface area contributed by atoms with E-state index < -0.39 is 5.41 Å². The van der Waals surface area contributed by atoms with Gasteiger partial charge in [0.2, 0.25) is 0 Å². The Balaban J connectivity index is 1.04. The normalized spacial score (nSPS) is 14.3. The van der Waals surface area contributed by atoms with Crippen molar-refractivity contribution in [1.29, 1.82) is 0 Å². The second-order valence-corrected chi connectivity index (χ2v) is 16.4. The van der Waals surface area contributed by atoms with Crippen LogP contribution in [-0.4, -0.2) is 15.0 Å². The van der Waals surface area contributed by atoms with Crippen LogP contribution in [0.15, 0.2) is 219 Å². The Morgan fingerprint density at radius 3 is 1.47 bits per heavy atom. The lowest BCUT2D eigenvalue weighted by atomic mass is 9.70. The van der Waals surface area contributed by atoms with Crippen LogP contribution in [0, 0.1) is 6.92 Å². The molecule has 2 aromatic heterocycles. The molecule has 0 N–H and O–H groups in total. The number of fused-ring (bicyclic) bond motifs is 10. The molecule has 290 valence electrons. The van der Waals surface area contributed by atoms with Crippen LogP contribution in [-0.2, 0) is 5.41 Å². The molecule has 0 radical (unpaired) electrons. The van der Waals surface area contributed by atoms with Gasteiger partial charge in [0.05, 0.1) is 22.5 Å². The molecule has 0 fully saturated rings. The van der Waals surface area contributed by atoms with Gasteiger partial charge in [-0.3, -0.25) is 4.98 Å². The van der Waals surface area contributed by atoms with Crippen LogP contribution in [0.2, 0.25) is 0 Å². The van der Waals surface area contributed by atoms with Crippen LogP contribution in [0.4, 0.5) is 0 Å². The van der Waals surface area contributed by atoms with Crippen molar-refractivity contribution in [2.45, 2.75) is 12.3 Å². The summed E-state index contributed by atoms with van der Waals surface area (Å²) >= 11 is 0. The van der Waals surface area contributed by atoms with Crippen LogP contribution in [0.25, 0.3) is 89.7 Å². The topological polar surface area (TPSA) is 38.7 Å². The largest absolute Gasteiger partial charge is 0.256 e. The van der Waals surface area contributed by atoms with Crippen LogP contribution >= 0.6 is 0 Å². The summed E-state index contributed by atoms with van der Waals surface area (Å²) in [6, 6.07) is 76.4. The highest BCUT2D eigenvalue weighted by Gasteiger charge is 2.51. The minimum Gasteiger partial charge on any atom is -0.256 e. The molecule has 8 aromatic carbocycles. The third-order valence-electron chi connectivity index (χ3n) is 12.9. The average Bonchev–Trinajstić information content (AvgIpc) is 3.81. The van der Waals surface area contributed by atoms with Crippen molar-refractivity contribution >= 4 is 0 Å². The number of benzene rings is 8. The van der Waals surface area contributed by atoms with E-state index >= 15 is 0 Å². The van der Waals surface area contributed by atoms with Crippen molar-refractivity contribution in [2.24, 2.45) is 0 Å². The number of hydrogen-bond donors (Lipinski definition) is 0. The molecule has 1 atom stereocenters. The van der Waals surface area contributed by atoms with Crippen molar-refractivity contribution < 1.29 is 0 Å². The van der Waals surface area contributed by atoms with E-state index in [9.17, 15) is 0 Å². The van der Waals surface area contributed by atoms with Gasteiger partial charge >= 0.3 is 0 Å². The van der Waals surface area contributed by atoms with Crippen molar-refractivity contribution in [1.82, 2.24) is 15.0 Å². The highest BCUT2D eigenvalue weighted by Crippen LogP contribution is 2.63. The lowest BCUT2D eigenvalue weighted by Gasteiger charge is -2.31. The van der Waals surface area contributed by atoms with Gasteiger partial charge in [0.15, 0.2) is 5.82 Å². The zero-order valence-corrected chi connectivity index (χ0v) is 34.1. The zero-order chi connectivity index (χ0) is 41.2. The molecule has 0 bridgehead atoms. The number of hydrogen-bond acceptors (Lipinski definition) is 3. The predicted molar refractivity (Wildman–Crippen MR) is 253 cm³/mol. The molecule has 2 aliphatic carbocycles. The Bertz CT molecular complexity index is 3300. The van der Waals surface area contributed by atoms with Crippen LogP contribution in [0.3, 0.4) is 0 Å². The summed E-state index contributed by atoms with van der Waals surface area (Å²) < 4.78 is 0. The van der Waals surface area contributed by atoms with E-state index in [0.29, 0.717) is 5.82 Å². The summed E-state index contributed by atoms with van der Waals surface area (Å²) in [7, 11) is 0. The smallest absolute Gasteiger partial charge is 0.160 e. The van der Waals surface area contributed by atoms with E-state index in [1.165, 1.54) is 66.8 Å². The molecule has 3 heteroatoms. The van der Waals surface area contributed by atoms with Gasteiger partial charge in [-0.2, -0.15) is 0 Å². The molecule has 3 nitrogen and oxygen atoms in total. The molecule has 2 aliphatic rings. The van der Waals surface area contributed by atoms with Gasteiger partial charge in [0, 0.05) is 34.0 Å². The first-order chi connectivity index (χ1) is 30.6.